The van der Waals surface area contributed by atoms with Gasteiger partial charge in [-0.2, -0.15) is 5.10 Å². The number of hydrogen-bond acceptors (Lipinski definition) is 4. The van der Waals surface area contributed by atoms with Crippen LogP contribution in [0, 0.1) is 0 Å². The highest BCUT2D eigenvalue weighted by molar-refractivity contribution is 9.11. The number of nitrogens with zero attached hydrogens (tertiary/aromatic N) is 1. The van der Waals surface area contributed by atoms with Crippen LogP contribution >= 0.6 is 63.7 Å². The summed E-state index contributed by atoms with van der Waals surface area (Å²) in [6, 6.07) is 8.86. The van der Waals surface area contributed by atoms with E-state index in [0.29, 0.717) is 24.7 Å². The van der Waals surface area contributed by atoms with Crippen molar-refractivity contribution in [2.45, 2.75) is 0 Å². The van der Waals surface area contributed by atoms with E-state index in [9.17, 15) is 9.90 Å². The highest BCUT2D eigenvalue weighted by Gasteiger charge is 2.12. The molecule has 0 bridgehead atoms. The number of hydrazone groups is 1. The van der Waals surface area contributed by atoms with E-state index in [2.05, 4.69) is 74.2 Å². The molecular formula is C15H10Br4N2O3. The molecule has 0 fully saturated rings. The van der Waals surface area contributed by atoms with Crippen LogP contribution in [0.15, 0.2) is 53.3 Å². The van der Waals surface area contributed by atoms with E-state index in [0.717, 1.165) is 4.47 Å². The Morgan fingerprint density at radius 1 is 1.21 bits per heavy atom. The van der Waals surface area contributed by atoms with Gasteiger partial charge in [0.2, 0.25) is 0 Å². The number of halogens is 4. The van der Waals surface area contributed by atoms with Gasteiger partial charge in [0.05, 0.1) is 15.2 Å². The number of phenols is 1. The van der Waals surface area contributed by atoms with E-state index in [4.69, 9.17) is 4.74 Å². The maximum absolute atomic E-state index is 11.7. The van der Waals surface area contributed by atoms with Crippen LogP contribution < -0.4 is 10.2 Å². The third-order valence-corrected chi connectivity index (χ3v) is 5.29. The number of phenolic OH excluding ortho intramolecular Hbond substituents is 1. The Hall–Kier alpha value is -0.900. The molecule has 2 aromatic rings. The Kier molecular flexibility index (Phi) is 7.27. The Morgan fingerprint density at radius 3 is 2.67 bits per heavy atom. The predicted octanol–water partition coefficient (Wildman–Crippen LogP) is 4.97. The van der Waals surface area contributed by atoms with Gasteiger partial charge in [0, 0.05) is 14.5 Å². The lowest BCUT2D eigenvalue weighted by atomic mass is 10.2. The molecule has 9 heteroatoms. The summed E-state index contributed by atoms with van der Waals surface area (Å²) in [4.78, 5) is 11.7. The molecule has 2 aromatic carbocycles. The maximum Gasteiger partial charge on any atom is 0.277 e. The van der Waals surface area contributed by atoms with E-state index in [1.54, 1.807) is 18.2 Å². The summed E-state index contributed by atoms with van der Waals surface area (Å²) in [7, 11) is 0. The highest BCUT2D eigenvalue weighted by atomic mass is 79.9. The second kappa shape index (κ2) is 8.98. The number of rotatable bonds is 5. The summed E-state index contributed by atoms with van der Waals surface area (Å²) in [6.45, 7) is -0.165. The molecule has 126 valence electrons. The monoisotopic (exact) mass is 582 g/mol. The maximum atomic E-state index is 11.7. The van der Waals surface area contributed by atoms with Crippen LogP contribution in [-0.4, -0.2) is 23.8 Å². The Balaban J connectivity index is 1.94. The Bertz CT molecular complexity index is 797. The van der Waals surface area contributed by atoms with Gasteiger partial charge in [0.25, 0.3) is 5.91 Å². The first-order valence-corrected chi connectivity index (χ1v) is 9.62. The molecule has 5 nitrogen and oxygen atoms in total. The molecule has 2 rings (SSSR count). The van der Waals surface area contributed by atoms with E-state index in [1.165, 1.54) is 6.21 Å². The summed E-state index contributed by atoms with van der Waals surface area (Å²) >= 11 is 13.2. The summed E-state index contributed by atoms with van der Waals surface area (Å²) in [5.74, 6) is 0.218. The number of carbonyl (C=O) groups is 1. The molecule has 0 aliphatic carbocycles. The van der Waals surface area contributed by atoms with Crippen LogP contribution in [0.3, 0.4) is 0 Å². The Labute approximate surface area is 172 Å². The summed E-state index contributed by atoms with van der Waals surface area (Å²) in [5.41, 5.74) is 2.95. The van der Waals surface area contributed by atoms with Gasteiger partial charge in [-0.3, -0.25) is 4.79 Å². The zero-order valence-corrected chi connectivity index (χ0v) is 18.2. The summed E-state index contributed by atoms with van der Waals surface area (Å²) < 4.78 is 7.90. The standard InChI is InChI=1S/C15H10Br4N2O3/c16-8-2-1-3-9(4-8)24-7-13(22)21-20-6-10-11(17)5-12(18)15(23)14(10)19/h1-6,23H,7H2,(H,21,22)/b20-6-. The van der Waals surface area contributed by atoms with Crippen molar-refractivity contribution in [2.24, 2.45) is 5.10 Å². The van der Waals surface area contributed by atoms with Crippen LogP contribution in [0.4, 0.5) is 0 Å². The molecule has 0 aromatic heterocycles. The highest BCUT2D eigenvalue weighted by Crippen LogP contribution is 2.38. The summed E-state index contributed by atoms with van der Waals surface area (Å²) in [6.07, 6.45) is 1.41. The smallest absolute Gasteiger partial charge is 0.277 e. The van der Waals surface area contributed by atoms with E-state index in [1.807, 2.05) is 12.1 Å². The third kappa shape index (κ3) is 5.30. The fraction of sp³-hybridized carbons (Fsp3) is 0.0667. The lowest BCUT2D eigenvalue weighted by Gasteiger charge is -2.07. The van der Waals surface area contributed by atoms with Crippen LogP contribution in [0.25, 0.3) is 0 Å². The average Bonchev–Trinajstić information content (AvgIpc) is 2.54. The normalized spacial score (nSPS) is 10.8. The second-order valence-corrected chi connectivity index (χ2v) is 7.87. The first-order valence-electron chi connectivity index (χ1n) is 6.45. The fourth-order valence-corrected chi connectivity index (χ4v) is 4.32. The number of benzene rings is 2. The number of amides is 1. The lowest BCUT2D eigenvalue weighted by Crippen LogP contribution is -2.24. The van der Waals surface area contributed by atoms with E-state index >= 15 is 0 Å². The van der Waals surface area contributed by atoms with Crippen molar-refractivity contribution in [1.82, 2.24) is 5.43 Å². The molecule has 1 amide bonds. The largest absolute Gasteiger partial charge is 0.506 e. The fourth-order valence-electron chi connectivity index (χ4n) is 1.62. The van der Waals surface area contributed by atoms with E-state index < -0.39 is 5.91 Å². The van der Waals surface area contributed by atoms with Crippen molar-refractivity contribution in [3.8, 4) is 11.5 Å². The van der Waals surface area contributed by atoms with Crippen LogP contribution in [0.2, 0.25) is 0 Å². The van der Waals surface area contributed by atoms with Crippen molar-refractivity contribution >= 4 is 75.8 Å². The van der Waals surface area contributed by atoms with Crippen LogP contribution in [0.1, 0.15) is 5.56 Å². The molecule has 0 atom stereocenters. The number of carbonyl (C=O) groups excluding carboxylic acids is 1. The van der Waals surface area contributed by atoms with Gasteiger partial charge < -0.3 is 9.84 Å². The first-order chi connectivity index (χ1) is 11.4. The molecule has 0 unspecified atom stereocenters. The molecule has 0 spiro atoms. The van der Waals surface area contributed by atoms with Crippen molar-refractivity contribution in [2.75, 3.05) is 6.61 Å². The number of aromatic hydroxyl groups is 1. The zero-order valence-electron chi connectivity index (χ0n) is 11.9. The molecule has 24 heavy (non-hydrogen) atoms. The average molecular weight is 586 g/mol. The van der Waals surface area contributed by atoms with Gasteiger partial charge in [-0.15, -0.1) is 0 Å². The van der Waals surface area contributed by atoms with Gasteiger partial charge in [0.15, 0.2) is 6.61 Å². The molecule has 0 saturated heterocycles. The van der Waals surface area contributed by atoms with E-state index in [-0.39, 0.29) is 12.4 Å². The minimum Gasteiger partial charge on any atom is -0.506 e. The minimum atomic E-state index is -0.403. The molecule has 0 aliphatic rings. The van der Waals surface area contributed by atoms with Gasteiger partial charge in [-0.05, 0) is 56.1 Å². The minimum absolute atomic E-state index is 0.0453. The number of ether oxygens (including phenoxy) is 1. The van der Waals surface area contributed by atoms with Crippen LogP contribution in [-0.2, 0) is 4.79 Å². The Morgan fingerprint density at radius 2 is 1.96 bits per heavy atom. The number of nitrogens with one attached hydrogen (secondary N) is 1. The zero-order chi connectivity index (χ0) is 17.7. The predicted molar refractivity (Wildman–Crippen MR) is 107 cm³/mol. The van der Waals surface area contributed by atoms with Crippen molar-refractivity contribution in [1.29, 1.82) is 0 Å². The van der Waals surface area contributed by atoms with Crippen molar-refractivity contribution < 1.29 is 14.6 Å². The molecule has 0 radical (unpaired) electrons. The summed E-state index contributed by atoms with van der Waals surface area (Å²) in [5, 5.41) is 13.7. The van der Waals surface area contributed by atoms with Crippen LogP contribution in [0.5, 0.6) is 11.5 Å². The molecule has 0 saturated carbocycles. The lowest BCUT2D eigenvalue weighted by molar-refractivity contribution is -0.123. The quantitative estimate of drug-likeness (QED) is 0.385. The van der Waals surface area contributed by atoms with Crippen molar-refractivity contribution in [3.05, 3.63) is 53.8 Å². The molecule has 2 N–H and O–H groups in total. The van der Waals surface area contributed by atoms with Gasteiger partial charge in [-0.1, -0.05) is 37.9 Å². The van der Waals surface area contributed by atoms with Gasteiger partial charge >= 0.3 is 0 Å². The molecule has 0 heterocycles. The van der Waals surface area contributed by atoms with Gasteiger partial charge in [0.1, 0.15) is 11.5 Å². The molecular weight excluding hydrogens is 576 g/mol. The molecule has 0 aliphatic heterocycles. The van der Waals surface area contributed by atoms with Gasteiger partial charge in [-0.25, -0.2) is 5.43 Å². The third-order valence-electron chi connectivity index (χ3n) is 2.73. The number of hydrogen-bond donors (Lipinski definition) is 2. The SMILES string of the molecule is O=C(COc1cccc(Br)c1)N/N=C\c1c(Br)cc(Br)c(O)c1Br. The first kappa shape index (κ1) is 19.4. The topological polar surface area (TPSA) is 70.9 Å². The second-order valence-electron chi connectivity index (χ2n) is 4.46. The van der Waals surface area contributed by atoms with Crippen molar-refractivity contribution in [3.63, 3.8) is 0 Å².